The largest absolute Gasteiger partial charge is 0.389 e. The van der Waals surface area contributed by atoms with E-state index in [9.17, 15) is 18.0 Å². The fraction of sp³-hybridized carbons (Fsp3) is 0.238. The van der Waals surface area contributed by atoms with Crippen molar-refractivity contribution in [2.24, 2.45) is 0 Å². The van der Waals surface area contributed by atoms with Crippen LogP contribution < -0.4 is 5.32 Å². The third-order valence-corrected chi connectivity index (χ3v) is 6.19. The Kier molecular flexibility index (Phi) is 7.86. The van der Waals surface area contributed by atoms with Crippen molar-refractivity contribution in [3.05, 3.63) is 62.5 Å². The van der Waals surface area contributed by atoms with Gasteiger partial charge in [-0.15, -0.1) is 11.3 Å². The number of unbranched alkanes of at least 4 members (excludes halogenated alkanes) is 1. The van der Waals surface area contributed by atoms with Crippen LogP contribution in [0.5, 0.6) is 0 Å². The summed E-state index contributed by atoms with van der Waals surface area (Å²) in [4.78, 5) is 17.8. The molecular formula is C21H16Cl3F3N2OS. The Hall–Kier alpha value is -1.80. The first-order chi connectivity index (χ1) is 14.6. The number of nitrogens with zero attached hydrogens (tertiary/aromatic N) is 1. The summed E-state index contributed by atoms with van der Waals surface area (Å²) in [5, 5.41) is 4.22. The molecule has 2 aromatic carbocycles. The van der Waals surface area contributed by atoms with Gasteiger partial charge in [-0.05, 0) is 48.7 Å². The van der Waals surface area contributed by atoms with Gasteiger partial charge in [0.25, 0.3) is 5.91 Å². The number of halogens is 6. The maximum absolute atomic E-state index is 12.6. The number of hydrogen-bond donors (Lipinski definition) is 1. The quantitative estimate of drug-likeness (QED) is 0.330. The highest BCUT2D eigenvalue weighted by atomic mass is 35.5. The molecule has 0 unspecified atom stereocenters. The van der Waals surface area contributed by atoms with E-state index < -0.39 is 18.5 Å². The summed E-state index contributed by atoms with van der Waals surface area (Å²) in [5.41, 5.74) is 1.92. The van der Waals surface area contributed by atoms with Crippen molar-refractivity contribution in [2.75, 3.05) is 6.54 Å². The molecule has 0 saturated heterocycles. The lowest BCUT2D eigenvalue weighted by Crippen LogP contribution is -2.24. The number of hydrogen-bond acceptors (Lipinski definition) is 3. The third-order valence-electron chi connectivity index (χ3n) is 4.29. The van der Waals surface area contributed by atoms with E-state index in [1.165, 1.54) is 0 Å². The van der Waals surface area contributed by atoms with Gasteiger partial charge in [-0.1, -0.05) is 46.9 Å². The molecule has 1 heterocycles. The second-order valence-electron chi connectivity index (χ2n) is 6.66. The molecule has 0 spiro atoms. The van der Waals surface area contributed by atoms with Gasteiger partial charge in [-0.2, -0.15) is 13.2 Å². The average molecular weight is 508 g/mol. The lowest BCUT2D eigenvalue weighted by Gasteiger charge is -2.06. The molecule has 0 aliphatic carbocycles. The van der Waals surface area contributed by atoms with Crippen molar-refractivity contribution in [2.45, 2.75) is 25.4 Å². The molecule has 3 rings (SSSR count). The van der Waals surface area contributed by atoms with Crippen LogP contribution in [0, 0.1) is 0 Å². The molecule has 0 radical (unpaired) electrons. The first kappa shape index (κ1) is 23.9. The minimum Gasteiger partial charge on any atom is -0.350 e. The number of thiazole rings is 1. The van der Waals surface area contributed by atoms with Crippen molar-refractivity contribution >= 4 is 52.0 Å². The van der Waals surface area contributed by atoms with Gasteiger partial charge < -0.3 is 5.32 Å². The van der Waals surface area contributed by atoms with Gasteiger partial charge >= 0.3 is 6.18 Å². The number of carbonyl (C=O) groups is 1. The molecule has 3 aromatic rings. The summed E-state index contributed by atoms with van der Waals surface area (Å²) in [7, 11) is 0. The van der Waals surface area contributed by atoms with E-state index >= 15 is 0 Å². The molecule has 31 heavy (non-hydrogen) atoms. The fourth-order valence-corrected chi connectivity index (χ4v) is 4.43. The van der Waals surface area contributed by atoms with Crippen LogP contribution in [-0.2, 0) is 0 Å². The Morgan fingerprint density at radius 3 is 2.32 bits per heavy atom. The van der Waals surface area contributed by atoms with Gasteiger partial charge in [0.1, 0.15) is 0 Å². The fourth-order valence-electron chi connectivity index (χ4n) is 2.81. The number of amides is 1. The van der Waals surface area contributed by atoms with Crippen LogP contribution in [0.3, 0.4) is 0 Å². The molecule has 0 fully saturated rings. The Bertz CT molecular complexity index is 1070. The van der Waals surface area contributed by atoms with Crippen LogP contribution >= 0.6 is 46.1 Å². The second-order valence-corrected chi connectivity index (χ2v) is 8.94. The lowest BCUT2D eigenvalue weighted by atomic mass is 10.1. The standard InChI is InChI=1S/C21H16Cl3F3N2OS/c22-13-5-3-12(4-6-13)18-17(15-8-7-14(23)11-16(15)24)29-20(31-18)19(30)28-10-2-1-9-21(25,26)27/h3-8,11H,1-2,9-10H2,(H,28,30). The van der Waals surface area contributed by atoms with Crippen molar-refractivity contribution in [3.8, 4) is 21.7 Å². The van der Waals surface area contributed by atoms with Crippen molar-refractivity contribution < 1.29 is 18.0 Å². The van der Waals surface area contributed by atoms with E-state index in [0.717, 1.165) is 16.9 Å². The molecule has 0 aliphatic heterocycles. The molecular weight excluding hydrogens is 492 g/mol. The topological polar surface area (TPSA) is 42.0 Å². The van der Waals surface area contributed by atoms with E-state index in [0.29, 0.717) is 31.2 Å². The number of benzene rings is 2. The SMILES string of the molecule is O=C(NCCCCC(F)(F)F)c1nc(-c2ccc(Cl)cc2Cl)c(-c2ccc(Cl)cc2)s1. The van der Waals surface area contributed by atoms with Crippen LogP contribution in [0.15, 0.2) is 42.5 Å². The molecule has 1 N–H and O–H groups in total. The minimum atomic E-state index is -4.19. The summed E-state index contributed by atoms with van der Waals surface area (Å²) < 4.78 is 36.7. The minimum absolute atomic E-state index is 0.0523. The van der Waals surface area contributed by atoms with Gasteiger partial charge in [-0.25, -0.2) is 4.98 Å². The summed E-state index contributed by atoms with van der Waals surface area (Å²) in [6, 6.07) is 12.1. The zero-order valence-electron chi connectivity index (χ0n) is 15.9. The number of nitrogens with one attached hydrogen (secondary N) is 1. The van der Waals surface area contributed by atoms with Crippen LogP contribution in [0.4, 0.5) is 13.2 Å². The maximum Gasteiger partial charge on any atom is 0.389 e. The number of carbonyl (C=O) groups excluding carboxylic acids is 1. The van der Waals surface area contributed by atoms with Crippen LogP contribution in [0.2, 0.25) is 15.1 Å². The lowest BCUT2D eigenvalue weighted by molar-refractivity contribution is -0.135. The van der Waals surface area contributed by atoms with Crippen LogP contribution in [-0.4, -0.2) is 23.6 Å². The van der Waals surface area contributed by atoms with Gasteiger partial charge in [-0.3, -0.25) is 4.79 Å². The second kappa shape index (κ2) is 10.2. The molecule has 0 saturated carbocycles. The number of rotatable bonds is 7. The first-order valence-corrected chi connectivity index (χ1v) is 11.2. The van der Waals surface area contributed by atoms with Gasteiger partial charge in [0.05, 0.1) is 15.6 Å². The van der Waals surface area contributed by atoms with E-state index in [1.54, 1.807) is 30.3 Å². The maximum atomic E-state index is 12.6. The monoisotopic (exact) mass is 506 g/mol. The van der Waals surface area contributed by atoms with E-state index in [1.807, 2.05) is 12.1 Å². The van der Waals surface area contributed by atoms with Crippen LogP contribution in [0.25, 0.3) is 21.7 Å². The third kappa shape index (κ3) is 6.59. The van der Waals surface area contributed by atoms with Crippen molar-refractivity contribution in [1.82, 2.24) is 10.3 Å². The average Bonchev–Trinajstić information content (AvgIpc) is 3.12. The molecule has 0 bridgehead atoms. The normalized spacial score (nSPS) is 11.5. The Morgan fingerprint density at radius 1 is 1.00 bits per heavy atom. The zero-order chi connectivity index (χ0) is 22.6. The van der Waals surface area contributed by atoms with E-state index in [-0.39, 0.29) is 24.4 Å². The summed E-state index contributed by atoms with van der Waals surface area (Å²) >= 11 is 19.5. The van der Waals surface area contributed by atoms with Gasteiger partial charge in [0.2, 0.25) is 0 Å². The van der Waals surface area contributed by atoms with Gasteiger partial charge in [0.15, 0.2) is 5.01 Å². The van der Waals surface area contributed by atoms with E-state index in [4.69, 9.17) is 34.8 Å². The van der Waals surface area contributed by atoms with Crippen molar-refractivity contribution in [3.63, 3.8) is 0 Å². The molecule has 0 atom stereocenters. The summed E-state index contributed by atoms with van der Waals surface area (Å²) in [5.74, 6) is -0.455. The first-order valence-electron chi connectivity index (χ1n) is 9.21. The summed E-state index contributed by atoms with van der Waals surface area (Å²) in [6.45, 7) is 0.127. The highest BCUT2D eigenvalue weighted by Crippen LogP contribution is 2.40. The highest BCUT2D eigenvalue weighted by Gasteiger charge is 2.26. The summed E-state index contributed by atoms with van der Waals surface area (Å²) in [6.07, 6.45) is -4.90. The Labute approximate surface area is 196 Å². The molecule has 1 aromatic heterocycles. The highest BCUT2D eigenvalue weighted by molar-refractivity contribution is 7.17. The Morgan fingerprint density at radius 2 is 1.68 bits per heavy atom. The van der Waals surface area contributed by atoms with E-state index in [2.05, 4.69) is 10.3 Å². The molecule has 10 heteroatoms. The molecule has 3 nitrogen and oxygen atoms in total. The number of alkyl halides is 3. The predicted molar refractivity (Wildman–Crippen MR) is 120 cm³/mol. The Balaban J connectivity index is 1.85. The van der Waals surface area contributed by atoms with Gasteiger partial charge in [0, 0.05) is 28.6 Å². The zero-order valence-corrected chi connectivity index (χ0v) is 19.0. The molecule has 0 aliphatic rings. The molecule has 164 valence electrons. The molecule has 1 amide bonds. The smallest absolute Gasteiger partial charge is 0.350 e. The predicted octanol–water partition coefficient (Wildman–Crippen LogP) is 7.90. The van der Waals surface area contributed by atoms with Crippen molar-refractivity contribution in [1.29, 1.82) is 0 Å². The van der Waals surface area contributed by atoms with Crippen LogP contribution in [0.1, 0.15) is 29.1 Å². The number of aromatic nitrogens is 1.